The van der Waals surface area contributed by atoms with Gasteiger partial charge in [0.2, 0.25) is 0 Å². The molecule has 15 heavy (non-hydrogen) atoms. The third-order valence-electron chi connectivity index (χ3n) is 2.24. The van der Waals surface area contributed by atoms with Crippen molar-refractivity contribution in [3.8, 4) is 5.75 Å². The third-order valence-corrected chi connectivity index (χ3v) is 3.05. The number of fused-ring (bicyclic) bond motifs is 1. The normalized spacial score (nSPS) is 10.7. The van der Waals surface area contributed by atoms with Gasteiger partial charge in [0.25, 0.3) is 0 Å². The van der Waals surface area contributed by atoms with E-state index in [1.807, 2.05) is 19.1 Å². The second-order valence-corrected chi connectivity index (χ2v) is 4.48. The number of methoxy groups -OCH3 is 1. The van der Waals surface area contributed by atoms with Crippen molar-refractivity contribution in [2.24, 2.45) is 0 Å². The van der Waals surface area contributed by atoms with Crippen molar-refractivity contribution in [1.82, 2.24) is 4.98 Å². The van der Waals surface area contributed by atoms with Crippen LogP contribution in [0.5, 0.6) is 5.75 Å². The first-order chi connectivity index (χ1) is 7.13. The molecule has 0 saturated heterocycles. The van der Waals surface area contributed by atoms with Crippen molar-refractivity contribution in [1.29, 1.82) is 0 Å². The van der Waals surface area contributed by atoms with E-state index in [2.05, 4.69) is 20.9 Å². The fourth-order valence-corrected chi connectivity index (χ4v) is 2.40. The van der Waals surface area contributed by atoms with Crippen molar-refractivity contribution >= 4 is 38.4 Å². The van der Waals surface area contributed by atoms with Crippen molar-refractivity contribution < 1.29 is 4.74 Å². The SMILES string of the molecule is COc1c(C)cc(Br)c2nc(Cl)ccc12. The monoisotopic (exact) mass is 285 g/mol. The van der Waals surface area contributed by atoms with Crippen LogP contribution in [0.4, 0.5) is 0 Å². The number of pyridine rings is 1. The summed E-state index contributed by atoms with van der Waals surface area (Å²) in [7, 11) is 1.66. The summed E-state index contributed by atoms with van der Waals surface area (Å²) >= 11 is 9.32. The predicted molar refractivity (Wildman–Crippen MR) is 65.7 cm³/mol. The maximum Gasteiger partial charge on any atom is 0.131 e. The van der Waals surface area contributed by atoms with Crippen LogP contribution >= 0.6 is 27.5 Å². The number of nitrogens with zero attached hydrogens (tertiary/aromatic N) is 1. The largest absolute Gasteiger partial charge is 0.496 e. The molecule has 0 aliphatic heterocycles. The van der Waals surface area contributed by atoms with Gasteiger partial charge in [-0.15, -0.1) is 0 Å². The quantitative estimate of drug-likeness (QED) is 0.740. The molecule has 0 radical (unpaired) electrons. The molecule has 4 heteroatoms. The van der Waals surface area contributed by atoms with Crippen molar-refractivity contribution in [3.63, 3.8) is 0 Å². The first-order valence-corrected chi connectivity index (χ1v) is 5.60. The molecule has 2 aromatic rings. The van der Waals surface area contributed by atoms with E-state index in [0.717, 1.165) is 26.7 Å². The first kappa shape index (κ1) is 10.7. The number of aryl methyl sites for hydroxylation is 1. The Morgan fingerprint density at radius 1 is 1.40 bits per heavy atom. The third kappa shape index (κ3) is 1.82. The van der Waals surface area contributed by atoms with Gasteiger partial charge in [-0.3, -0.25) is 0 Å². The lowest BCUT2D eigenvalue weighted by atomic mass is 10.1. The van der Waals surface area contributed by atoms with Crippen LogP contribution in [-0.4, -0.2) is 12.1 Å². The standard InChI is InChI=1S/C11H9BrClNO/c1-6-5-8(12)10-7(11(6)15-2)3-4-9(13)14-10/h3-5H,1-2H3. The lowest BCUT2D eigenvalue weighted by Crippen LogP contribution is -1.91. The number of hydrogen-bond acceptors (Lipinski definition) is 2. The predicted octanol–water partition coefficient (Wildman–Crippen LogP) is 3.97. The fraction of sp³-hybridized carbons (Fsp3) is 0.182. The van der Waals surface area contributed by atoms with Gasteiger partial charge in [-0.25, -0.2) is 4.98 Å². The minimum Gasteiger partial charge on any atom is -0.496 e. The summed E-state index contributed by atoms with van der Waals surface area (Å²) in [6.07, 6.45) is 0. The zero-order valence-corrected chi connectivity index (χ0v) is 10.7. The van der Waals surface area contributed by atoms with E-state index in [0.29, 0.717) is 5.15 Å². The number of halogens is 2. The molecule has 2 nitrogen and oxygen atoms in total. The molecule has 0 N–H and O–H groups in total. The fourth-order valence-electron chi connectivity index (χ4n) is 1.61. The van der Waals surface area contributed by atoms with Crippen LogP contribution in [0.2, 0.25) is 5.15 Å². The Bertz CT molecular complexity index is 527. The van der Waals surface area contributed by atoms with Crippen molar-refractivity contribution in [3.05, 3.63) is 33.4 Å². The Balaban J connectivity index is 2.90. The molecule has 1 aromatic heterocycles. The van der Waals surface area contributed by atoms with Gasteiger partial charge in [0.05, 0.1) is 12.6 Å². The number of ether oxygens (including phenoxy) is 1. The molecule has 0 aliphatic rings. The number of benzene rings is 1. The Labute approximate surface area is 101 Å². The summed E-state index contributed by atoms with van der Waals surface area (Å²) in [5, 5.41) is 1.45. The van der Waals surface area contributed by atoms with Gasteiger partial charge in [0, 0.05) is 9.86 Å². The van der Waals surface area contributed by atoms with Gasteiger partial charge in [-0.1, -0.05) is 11.6 Å². The average molecular weight is 287 g/mol. The maximum atomic E-state index is 5.85. The molecule has 0 saturated carbocycles. The molecule has 0 bridgehead atoms. The van der Waals surface area contributed by atoms with Gasteiger partial charge < -0.3 is 4.74 Å². The van der Waals surface area contributed by atoms with Gasteiger partial charge in [-0.05, 0) is 46.6 Å². The molecular formula is C11H9BrClNO. The van der Waals surface area contributed by atoms with Crippen LogP contribution in [0.25, 0.3) is 10.9 Å². The molecule has 1 aromatic carbocycles. The molecule has 0 fully saturated rings. The molecule has 0 spiro atoms. The van der Waals surface area contributed by atoms with Crippen molar-refractivity contribution in [2.75, 3.05) is 7.11 Å². The molecule has 2 rings (SSSR count). The van der Waals surface area contributed by atoms with Crippen LogP contribution in [0.15, 0.2) is 22.7 Å². The topological polar surface area (TPSA) is 22.1 Å². The van der Waals surface area contributed by atoms with Gasteiger partial charge in [0.15, 0.2) is 0 Å². The minimum atomic E-state index is 0.481. The Morgan fingerprint density at radius 2 is 2.13 bits per heavy atom. The highest BCUT2D eigenvalue weighted by molar-refractivity contribution is 9.10. The minimum absolute atomic E-state index is 0.481. The van der Waals surface area contributed by atoms with Gasteiger partial charge in [0.1, 0.15) is 10.9 Å². The summed E-state index contributed by atoms with van der Waals surface area (Å²) in [6, 6.07) is 5.66. The van der Waals surface area contributed by atoms with Gasteiger partial charge >= 0.3 is 0 Å². The summed E-state index contributed by atoms with van der Waals surface area (Å²) in [6.45, 7) is 2.00. The second kappa shape index (κ2) is 3.99. The molecule has 0 amide bonds. The summed E-state index contributed by atoms with van der Waals surface area (Å²) in [5.74, 6) is 0.845. The highest BCUT2D eigenvalue weighted by atomic mass is 79.9. The van der Waals surface area contributed by atoms with E-state index in [1.54, 1.807) is 13.2 Å². The Hall–Kier alpha value is -0.800. The van der Waals surface area contributed by atoms with Crippen LogP contribution in [-0.2, 0) is 0 Å². The number of rotatable bonds is 1. The molecule has 0 unspecified atom stereocenters. The van der Waals surface area contributed by atoms with Crippen LogP contribution in [0.3, 0.4) is 0 Å². The summed E-state index contributed by atoms with van der Waals surface area (Å²) < 4.78 is 6.28. The maximum absolute atomic E-state index is 5.85. The van der Waals surface area contributed by atoms with E-state index in [4.69, 9.17) is 16.3 Å². The van der Waals surface area contributed by atoms with Crippen LogP contribution in [0, 0.1) is 6.92 Å². The van der Waals surface area contributed by atoms with Crippen LogP contribution < -0.4 is 4.74 Å². The number of hydrogen-bond donors (Lipinski definition) is 0. The van der Waals surface area contributed by atoms with E-state index >= 15 is 0 Å². The van der Waals surface area contributed by atoms with Gasteiger partial charge in [-0.2, -0.15) is 0 Å². The van der Waals surface area contributed by atoms with Crippen molar-refractivity contribution in [2.45, 2.75) is 6.92 Å². The van der Waals surface area contributed by atoms with E-state index < -0.39 is 0 Å². The second-order valence-electron chi connectivity index (χ2n) is 3.24. The molecular weight excluding hydrogens is 277 g/mol. The Kier molecular flexibility index (Phi) is 2.85. The lowest BCUT2D eigenvalue weighted by Gasteiger charge is -2.10. The zero-order valence-electron chi connectivity index (χ0n) is 8.34. The average Bonchev–Trinajstić information content (AvgIpc) is 2.19. The number of aromatic nitrogens is 1. The highest BCUT2D eigenvalue weighted by Gasteiger charge is 2.10. The van der Waals surface area contributed by atoms with E-state index in [9.17, 15) is 0 Å². The molecule has 0 atom stereocenters. The smallest absolute Gasteiger partial charge is 0.131 e. The van der Waals surface area contributed by atoms with E-state index in [-0.39, 0.29) is 0 Å². The van der Waals surface area contributed by atoms with E-state index in [1.165, 1.54) is 0 Å². The summed E-state index contributed by atoms with van der Waals surface area (Å²) in [4.78, 5) is 4.26. The molecule has 1 heterocycles. The highest BCUT2D eigenvalue weighted by Crippen LogP contribution is 2.34. The molecule has 78 valence electrons. The molecule has 0 aliphatic carbocycles. The summed E-state index contributed by atoms with van der Waals surface area (Å²) in [5.41, 5.74) is 1.89. The van der Waals surface area contributed by atoms with Crippen LogP contribution in [0.1, 0.15) is 5.56 Å². The Morgan fingerprint density at radius 3 is 2.80 bits per heavy atom. The zero-order chi connectivity index (χ0) is 11.0. The first-order valence-electron chi connectivity index (χ1n) is 4.43. The lowest BCUT2D eigenvalue weighted by molar-refractivity contribution is 0.416.